The van der Waals surface area contributed by atoms with Gasteiger partial charge in [0.15, 0.2) is 17.2 Å². The summed E-state index contributed by atoms with van der Waals surface area (Å²) in [4.78, 5) is 35.2. The third-order valence-corrected chi connectivity index (χ3v) is 5.17. The molecule has 0 spiro atoms. The fourth-order valence-corrected chi connectivity index (χ4v) is 3.59. The number of hydrogen-bond donors (Lipinski definition) is 5. The van der Waals surface area contributed by atoms with Gasteiger partial charge in [-0.25, -0.2) is 24.9 Å². The topological polar surface area (TPSA) is 240 Å². The second-order valence-corrected chi connectivity index (χ2v) is 8.83. The van der Waals surface area contributed by atoms with Gasteiger partial charge in [-0.1, -0.05) is 11.6 Å². The number of hydrogen-bond acceptors (Lipinski definition) is 14. The molecule has 6 rings (SSSR count). The van der Waals surface area contributed by atoms with Gasteiger partial charge in [-0.15, -0.1) is 5.10 Å². The van der Waals surface area contributed by atoms with Crippen molar-refractivity contribution >= 4 is 46.8 Å². The van der Waals surface area contributed by atoms with E-state index in [1.54, 1.807) is 49.6 Å². The van der Waals surface area contributed by atoms with Crippen LogP contribution in [0.3, 0.4) is 0 Å². The zero-order valence-corrected chi connectivity index (χ0v) is 23.4. The highest BCUT2D eigenvalue weighted by molar-refractivity contribution is 6.29. The first-order valence-corrected chi connectivity index (χ1v) is 12.5. The standard InChI is InChI=1S/C10H11N5O2.C10H9N5O.C5H6ClN3/c1-6-5-8(13-10(11)12-6)14-15-9(16)7-3-2-4-17-7;1-6-5-8-13-9(7-3-2-4-16-7)14-15(8)10(11)12-6;1-3-2-4(6)9-5(7)8-3/h2-5H,1H3,(H,15,16)(H3,11,12,13,14);2-5H,1H3,(H2,11,12);2H,1H3,(H2,7,8,9). The first-order valence-electron chi connectivity index (χ1n) is 12.1. The molecule has 0 radical (unpaired) electrons. The number of anilines is 4. The molecule has 0 aliphatic carbocycles. The van der Waals surface area contributed by atoms with Gasteiger partial charge in [0.2, 0.25) is 23.7 Å². The van der Waals surface area contributed by atoms with Gasteiger partial charge in [0.25, 0.3) is 0 Å². The number of nitrogens with two attached hydrogens (primary N) is 3. The number of halogens is 1. The Kier molecular flexibility index (Phi) is 9.08. The Bertz CT molecular complexity index is 1720. The Morgan fingerprint density at radius 1 is 0.833 bits per heavy atom. The number of carbonyl (C=O) groups is 1. The molecule has 0 bridgehead atoms. The van der Waals surface area contributed by atoms with Crippen LogP contribution >= 0.6 is 11.6 Å². The third-order valence-electron chi connectivity index (χ3n) is 4.98. The normalized spacial score (nSPS) is 10.3. The van der Waals surface area contributed by atoms with Gasteiger partial charge in [-0.2, -0.15) is 9.50 Å². The molecular weight excluding hydrogens is 566 g/mol. The predicted octanol–water partition coefficient (Wildman–Crippen LogP) is 3.01. The molecule has 8 N–H and O–H groups in total. The minimum Gasteiger partial charge on any atom is -0.461 e. The monoisotopic (exact) mass is 591 g/mol. The van der Waals surface area contributed by atoms with Crippen LogP contribution in [0, 0.1) is 20.8 Å². The largest absolute Gasteiger partial charge is 0.461 e. The third kappa shape index (κ3) is 7.89. The van der Waals surface area contributed by atoms with Crippen LogP contribution in [0.2, 0.25) is 5.15 Å². The molecule has 6 heterocycles. The highest BCUT2D eigenvalue weighted by Crippen LogP contribution is 2.17. The first kappa shape index (κ1) is 29.2. The molecule has 6 aromatic rings. The van der Waals surface area contributed by atoms with Gasteiger partial charge in [0.1, 0.15) is 11.0 Å². The molecular formula is C25H26ClN13O3. The molecule has 216 valence electrons. The minimum atomic E-state index is -0.398. The van der Waals surface area contributed by atoms with Crippen LogP contribution in [-0.2, 0) is 0 Å². The summed E-state index contributed by atoms with van der Waals surface area (Å²) >= 11 is 5.52. The highest BCUT2D eigenvalue weighted by Gasteiger charge is 2.11. The van der Waals surface area contributed by atoms with Crippen molar-refractivity contribution in [3.8, 4) is 11.6 Å². The maximum absolute atomic E-state index is 11.5. The van der Waals surface area contributed by atoms with Gasteiger partial charge < -0.3 is 26.0 Å². The highest BCUT2D eigenvalue weighted by atomic mass is 35.5. The van der Waals surface area contributed by atoms with E-state index in [1.165, 1.54) is 10.8 Å². The van der Waals surface area contributed by atoms with Crippen molar-refractivity contribution in [3.05, 3.63) is 83.0 Å². The van der Waals surface area contributed by atoms with Crippen molar-refractivity contribution in [2.45, 2.75) is 20.8 Å². The Labute approximate surface area is 243 Å². The number of rotatable bonds is 4. The lowest BCUT2D eigenvalue weighted by molar-refractivity contribution is 0.0935. The van der Waals surface area contributed by atoms with Crippen LogP contribution < -0.4 is 28.1 Å². The number of fused-ring (bicyclic) bond motifs is 1. The summed E-state index contributed by atoms with van der Waals surface area (Å²) in [5.74, 6) is 2.01. The van der Waals surface area contributed by atoms with E-state index in [2.05, 4.69) is 45.9 Å². The summed E-state index contributed by atoms with van der Waals surface area (Å²) < 4.78 is 11.6. The number of furan rings is 2. The molecule has 0 fully saturated rings. The molecule has 42 heavy (non-hydrogen) atoms. The summed E-state index contributed by atoms with van der Waals surface area (Å²) in [5, 5.41) is 4.61. The summed E-state index contributed by atoms with van der Waals surface area (Å²) in [7, 11) is 0. The summed E-state index contributed by atoms with van der Waals surface area (Å²) in [5.41, 5.74) is 24.5. The molecule has 0 saturated carbocycles. The van der Waals surface area contributed by atoms with E-state index in [4.69, 9.17) is 37.6 Å². The van der Waals surface area contributed by atoms with E-state index < -0.39 is 5.91 Å². The molecule has 0 atom stereocenters. The van der Waals surface area contributed by atoms with Gasteiger partial charge >= 0.3 is 5.91 Å². The number of hydrazine groups is 1. The smallest absolute Gasteiger partial charge is 0.305 e. The lowest BCUT2D eigenvalue weighted by Crippen LogP contribution is -2.29. The van der Waals surface area contributed by atoms with Crippen LogP contribution in [-0.4, -0.2) is 45.4 Å². The number of amides is 1. The SMILES string of the molecule is Cc1cc(Cl)nc(N)n1.Cc1cc(NNC(=O)c2ccco2)nc(N)n1.Cc1cc2nc(-c3ccco3)nn2c(N)n1. The summed E-state index contributed by atoms with van der Waals surface area (Å²) in [6, 6.07) is 11.9. The first-order chi connectivity index (χ1) is 20.1. The zero-order chi connectivity index (χ0) is 30.2. The fraction of sp³-hybridized carbons (Fsp3) is 0.120. The number of carbonyl (C=O) groups excluding carboxylic acids is 1. The van der Waals surface area contributed by atoms with E-state index in [1.807, 2.05) is 19.9 Å². The van der Waals surface area contributed by atoms with Crippen molar-refractivity contribution < 1.29 is 13.6 Å². The molecule has 0 unspecified atom stereocenters. The Morgan fingerprint density at radius 3 is 2.12 bits per heavy atom. The molecule has 17 heteroatoms. The van der Waals surface area contributed by atoms with E-state index in [9.17, 15) is 4.79 Å². The number of nitrogen functional groups attached to an aromatic ring is 3. The van der Waals surface area contributed by atoms with Gasteiger partial charge in [-0.3, -0.25) is 15.6 Å². The Morgan fingerprint density at radius 2 is 1.50 bits per heavy atom. The molecule has 0 aliphatic heterocycles. The van der Waals surface area contributed by atoms with Gasteiger partial charge in [-0.05, 0) is 51.1 Å². The lowest BCUT2D eigenvalue weighted by Gasteiger charge is -2.07. The second-order valence-electron chi connectivity index (χ2n) is 8.44. The maximum Gasteiger partial charge on any atom is 0.305 e. The maximum atomic E-state index is 11.5. The molecule has 0 aromatic carbocycles. The van der Waals surface area contributed by atoms with E-state index in [0.717, 1.165) is 11.4 Å². The van der Waals surface area contributed by atoms with Crippen LogP contribution in [0.15, 0.2) is 63.8 Å². The van der Waals surface area contributed by atoms with Crippen LogP contribution in [0.4, 0.5) is 23.7 Å². The van der Waals surface area contributed by atoms with Gasteiger partial charge in [0, 0.05) is 29.2 Å². The zero-order valence-electron chi connectivity index (χ0n) is 22.6. The van der Waals surface area contributed by atoms with E-state index in [-0.39, 0.29) is 17.7 Å². The average Bonchev–Trinajstić information content (AvgIpc) is 3.69. The quantitative estimate of drug-likeness (QED) is 0.146. The Balaban J connectivity index is 0.000000152. The average molecular weight is 592 g/mol. The number of nitrogens with one attached hydrogen (secondary N) is 2. The second kappa shape index (κ2) is 13.1. The molecule has 0 aliphatic rings. The van der Waals surface area contributed by atoms with Crippen molar-refractivity contribution in [1.29, 1.82) is 0 Å². The number of aryl methyl sites for hydroxylation is 3. The minimum absolute atomic E-state index is 0.139. The number of nitrogens with zero attached hydrogens (tertiary/aromatic N) is 8. The fourth-order valence-electron chi connectivity index (χ4n) is 3.34. The van der Waals surface area contributed by atoms with Crippen molar-refractivity contribution in [2.24, 2.45) is 0 Å². The van der Waals surface area contributed by atoms with Crippen molar-refractivity contribution in [1.82, 2.24) is 44.9 Å². The molecule has 1 amide bonds. The molecule has 0 saturated heterocycles. The van der Waals surface area contributed by atoms with Gasteiger partial charge in [0.05, 0.1) is 12.5 Å². The summed E-state index contributed by atoms with van der Waals surface area (Å²) in [6.07, 6.45) is 3.00. The van der Waals surface area contributed by atoms with Crippen molar-refractivity contribution in [2.75, 3.05) is 22.6 Å². The van der Waals surface area contributed by atoms with E-state index >= 15 is 0 Å². The van der Waals surface area contributed by atoms with Crippen molar-refractivity contribution in [3.63, 3.8) is 0 Å². The predicted molar refractivity (Wildman–Crippen MR) is 155 cm³/mol. The van der Waals surface area contributed by atoms with Crippen LogP contribution in [0.5, 0.6) is 0 Å². The van der Waals surface area contributed by atoms with Crippen LogP contribution in [0.25, 0.3) is 17.2 Å². The van der Waals surface area contributed by atoms with Crippen LogP contribution in [0.1, 0.15) is 27.6 Å². The van der Waals surface area contributed by atoms with E-state index in [0.29, 0.717) is 39.8 Å². The lowest BCUT2D eigenvalue weighted by atomic mass is 10.4. The molecule has 6 aromatic heterocycles. The molecule has 16 nitrogen and oxygen atoms in total. The Hall–Kier alpha value is -5.77. The summed E-state index contributed by atoms with van der Waals surface area (Å²) in [6.45, 7) is 5.44. The number of aromatic nitrogens is 8.